The van der Waals surface area contributed by atoms with Crippen LogP contribution in [0.25, 0.3) is 99.4 Å². The van der Waals surface area contributed by atoms with Crippen molar-refractivity contribution >= 4 is 43.6 Å². The molecule has 0 aliphatic rings. The van der Waals surface area contributed by atoms with E-state index in [1.54, 1.807) is 0 Å². The van der Waals surface area contributed by atoms with E-state index in [9.17, 15) is 0 Å². The Morgan fingerprint density at radius 1 is 0.333 bits per heavy atom. The Morgan fingerprint density at radius 3 is 1.51 bits per heavy atom. The third-order valence-corrected chi connectivity index (χ3v) is 10.0. The fraction of sp³-hybridized carbons (Fsp3) is 0. The van der Waals surface area contributed by atoms with Crippen LogP contribution in [0.1, 0.15) is 0 Å². The van der Waals surface area contributed by atoms with Gasteiger partial charge in [-0.15, -0.1) is 0 Å². The van der Waals surface area contributed by atoms with Gasteiger partial charge in [-0.05, 0) is 80.9 Å². The molecule has 0 N–H and O–H groups in total. The Labute approximate surface area is 295 Å². The maximum atomic E-state index is 6.80. The average Bonchev–Trinajstić information content (AvgIpc) is 3.61. The molecule has 0 bridgehead atoms. The highest BCUT2D eigenvalue weighted by Crippen LogP contribution is 2.43. The van der Waals surface area contributed by atoms with Gasteiger partial charge < -0.3 is 4.42 Å². The number of aromatic nitrogens is 1. The summed E-state index contributed by atoms with van der Waals surface area (Å²) in [4.78, 5) is 5.14. The van der Waals surface area contributed by atoms with Gasteiger partial charge in [0.2, 0.25) is 0 Å². The second-order valence-electron chi connectivity index (χ2n) is 13.1. The second kappa shape index (κ2) is 12.0. The van der Waals surface area contributed by atoms with Crippen LogP contribution < -0.4 is 0 Å². The first-order valence-electron chi connectivity index (χ1n) is 17.4. The molecule has 0 spiro atoms. The Kier molecular flexibility index (Phi) is 6.85. The molecular weight excluding hydrogens is 619 g/mol. The summed E-state index contributed by atoms with van der Waals surface area (Å²) < 4.78 is 6.80. The van der Waals surface area contributed by atoms with Crippen molar-refractivity contribution in [2.75, 3.05) is 0 Å². The number of furan rings is 1. The van der Waals surface area contributed by atoms with E-state index in [1.165, 1.54) is 33.4 Å². The predicted octanol–water partition coefficient (Wildman–Crippen LogP) is 13.6. The zero-order valence-electron chi connectivity index (χ0n) is 27.8. The lowest BCUT2D eigenvalue weighted by Crippen LogP contribution is -1.90. The molecule has 0 saturated carbocycles. The van der Waals surface area contributed by atoms with E-state index in [1.807, 2.05) is 6.07 Å². The van der Waals surface area contributed by atoms with Gasteiger partial charge in [0.05, 0.1) is 11.2 Å². The van der Waals surface area contributed by atoms with Gasteiger partial charge in [0.15, 0.2) is 0 Å². The van der Waals surface area contributed by atoms with Gasteiger partial charge >= 0.3 is 0 Å². The average molecular weight is 650 g/mol. The summed E-state index contributed by atoms with van der Waals surface area (Å²) in [6.45, 7) is 0. The summed E-state index contributed by atoms with van der Waals surface area (Å²) in [6, 6.07) is 66.8. The molecule has 0 unspecified atom stereocenters. The summed E-state index contributed by atoms with van der Waals surface area (Å²) in [5, 5.41) is 5.51. The summed E-state index contributed by atoms with van der Waals surface area (Å²) in [6.07, 6.45) is 0. The number of hydrogen-bond donors (Lipinski definition) is 0. The van der Waals surface area contributed by atoms with Crippen LogP contribution in [0.5, 0.6) is 0 Å². The van der Waals surface area contributed by atoms with E-state index < -0.39 is 0 Å². The van der Waals surface area contributed by atoms with Crippen molar-refractivity contribution in [1.82, 2.24) is 4.98 Å². The molecule has 51 heavy (non-hydrogen) atoms. The second-order valence-corrected chi connectivity index (χ2v) is 13.1. The van der Waals surface area contributed by atoms with Gasteiger partial charge in [0, 0.05) is 32.5 Å². The number of benzene rings is 8. The van der Waals surface area contributed by atoms with Crippen LogP contribution in [0.4, 0.5) is 0 Å². The highest BCUT2D eigenvalue weighted by Gasteiger charge is 2.19. The fourth-order valence-corrected chi connectivity index (χ4v) is 7.61. The number of hydrogen-bond acceptors (Lipinski definition) is 2. The quantitative estimate of drug-likeness (QED) is 0.173. The summed E-state index contributed by atoms with van der Waals surface area (Å²) >= 11 is 0. The molecule has 2 aromatic heterocycles. The molecular formula is C49H31NO. The lowest BCUT2D eigenvalue weighted by Gasteiger charge is -2.12. The SMILES string of the molecule is c1ccc(-c2cc(-c3ccccc3)cc(-c3ccc(-c4cccc5oc6c(ccc7c(-c8ccccc8)nc8ccccc8c76)c45)cc3)c2)cc1. The van der Waals surface area contributed by atoms with E-state index in [2.05, 4.69) is 182 Å². The molecule has 0 aliphatic carbocycles. The van der Waals surface area contributed by atoms with Crippen molar-refractivity contribution in [2.24, 2.45) is 0 Å². The van der Waals surface area contributed by atoms with E-state index in [-0.39, 0.29) is 0 Å². The normalized spacial score (nSPS) is 11.5. The van der Waals surface area contributed by atoms with Crippen LogP contribution >= 0.6 is 0 Å². The molecule has 2 heteroatoms. The highest BCUT2D eigenvalue weighted by atomic mass is 16.3. The van der Waals surface area contributed by atoms with Crippen LogP contribution in [0, 0.1) is 0 Å². The van der Waals surface area contributed by atoms with E-state index in [4.69, 9.17) is 9.40 Å². The minimum Gasteiger partial charge on any atom is -0.455 e. The molecule has 8 aromatic carbocycles. The number of pyridine rings is 1. The van der Waals surface area contributed by atoms with Crippen molar-refractivity contribution in [3.05, 3.63) is 188 Å². The number of fused-ring (bicyclic) bond motifs is 7. The topological polar surface area (TPSA) is 26.0 Å². The van der Waals surface area contributed by atoms with Crippen LogP contribution in [-0.4, -0.2) is 4.98 Å². The number of rotatable bonds is 5. The highest BCUT2D eigenvalue weighted by molar-refractivity contribution is 6.26. The third-order valence-electron chi connectivity index (χ3n) is 10.0. The Morgan fingerprint density at radius 2 is 0.863 bits per heavy atom. The van der Waals surface area contributed by atoms with E-state index in [0.717, 1.165) is 66.0 Å². The largest absolute Gasteiger partial charge is 0.455 e. The van der Waals surface area contributed by atoms with Gasteiger partial charge in [-0.1, -0.05) is 152 Å². The molecule has 10 rings (SSSR count). The van der Waals surface area contributed by atoms with Gasteiger partial charge in [0.1, 0.15) is 11.2 Å². The fourth-order valence-electron chi connectivity index (χ4n) is 7.61. The van der Waals surface area contributed by atoms with Crippen LogP contribution in [0.2, 0.25) is 0 Å². The van der Waals surface area contributed by atoms with Gasteiger partial charge in [-0.2, -0.15) is 0 Å². The van der Waals surface area contributed by atoms with Gasteiger partial charge in [-0.25, -0.2) is 4.98 Å². The summed E-state index contributed by atoms with van der Waals surface area (Å²) in [5.74, 6) is 0. The molecule has 0 fully saturated rings. The number of para-hydroxylation sites is 1. The minimum atomic E-state index is 0.879. The third kappa shape index (κ3) is 5.00. The predicted molar refractivity (Wildman–Crippen MR) is 214 cm³/mol. The first kappa shape index (κ1) is 29.2. The van der Waals surface area contributed by atoms with Crippen LogP contribution in [-0.2, 0) is 0 Å². The zero-order chi connectivity index (χ0) is 33.7. The van der Waals surface area contributed by atoms with Crippen molar-refractivity contribution in [2.45, 2.75) is 0 Å². The van der Waals surface area contributed by atoms with E-state index >= 15 is 0 Å². The Hall–Kier alpha value is -6.77. The Balaban J connectivity index is 1.13. The summed E-state index contributed by atoms with van der Waals surface area (Å²) in [5.41, 5.74) is 14.3. The standard InChI is InChI=1S/C49H31NO/c1-4-13-32(14-5-1)37-29-38(33-15-6-2-7-16-33)31-39(30-37)34-23-25-35(26-24-34)40-20-12-22-45-46(40)43-28-27-42-47(49(43)51-45)41-19-10-11-21-44(41)50-48(42)36-17-8-3-9-18-36/h1-31H. The summed E-state index contributed by atoms with van der Waals surface area (Å²) in [7, 11) is 0. The van der Waals surface area contributed by atoms with Gasteiger partial charge in [0.25, 0.3) is 0 Å². The molecule has 2 heterocycles. The number of nitrogens with zero attached hydrogens (tertiary/aromatic N) is 1. The Bertz CT molecular complexity index is 2810. The van der Waals surface area contributed by atoms with Crippen molar-refractivity contribution in [1.29, 1.82) is 0 Å². The molecule has 2 nitrogen and oxygen atoms in total. The molecule has 0 amide bonds. The van der Waals surface area contributed by atoms with Crippen molar-refractivity contribution in [3.63, 3.8) is 0 Å². The molecule has 0 saturated heterocycles. The molecule has 238 valence electrons. The molecule has 0 radical (unpaired) electrons. The molecule has 0 aliphatic heterocycles. The van der Waals surface area contributed by atoms with Crippen molar-refractivity contribution in [3.8, 4) is 55.8 Å². The first-order valence-corrected chi connectivity index (χ1v) is 17.4. The maximum Gasteiger partial charge on any atom is 0.144 e. The molecule has 0 atom stereocenters. The van der Waals surface area contributed by atoms with E-state index in [0.29, 0.717) is 0 Å². The minimum absolute atomic E-state index is 0.879. The first-order chi connectivity index (χ1) is 25.3. The van der Waals surface area contributed by atoms with Crippen molar-refractivity contribution < 1.29 is 4.42 Å². The smallest absolute Gasteiger partial charge is 0.144 e. The van der Waals surface area contributed by atoms with Crippen LogP contribution in [0.3, 0.4) is 0 Å². The maximum absolute atomic E-state index is 6.80. The monoisotopic (exact) mass is 649 g/mol. The lowest BCUT2D eigenvalue weighted by atomic mass is 9.92. The van der Waals surface area contributed by atoms with Gasteiger partial charge in [-0.3, -0.25) is 0 Å². The van der Waals surface area contributed by atoms with Crippen LogP contribution in [0.15, 0.2) is 192 Å². The zero-order valence-corrected chi connectivity index (χ0v) is 27.8. The molecule has 10 aromatic rings. The lowest BCUT2D eigenvalue weighted by molar-refractivity contribution is 0.673.